The lowest BCUT2D eigenvalue weighted by atomic mass is 10.2. The lowest BCUT2D eigenvalue weighted by Gasteiger charge is -2.11. The summed E-state index contributed by atoms with van der Waals surface area (Å²) in [6.45, 7) is 4.21. The second-order valence-electron chi connectivity index (χ2n) is 3.47. The van der Waals surface area contributed by atoms with E-state index in [1.165, 1.54) is 0 Å². The number of carbonyl (C=O) groups is 1. The molecule has 0 aromatic heterocycles. The van der Waals surface area contributed by atoms with Crippen LogP contribution in [0, 0.1) is 5.92 Å². The van der Waals surface area contributed by atoms with Crippen molar-refractivity contribution in [3.8, 4) is 0 Å². The fourth-order valence-electron chi connectivity index (χ4n) is 1.21. The van der Waals surface area contributed by atoms with E-state index in [2.05, 4.69) is 19.2 Å². The standard InChI is InChI=1S/C9H17NO/c1-3-4-7(2)10-9(11)8-5-6-8/h7-8H,3-6H2,1-2H3,(H,10,11). The highest BCUT2D eigenvalue weighted by Gasteiger charge is 2.29. The first kappa shape index (κ1) is 8.57. The molecule has 1 unspecified atom stereocenters. The molecule has 1 aliphatic rings. The van der Waals surface area contributed by atoms with Crippen LogP contribution in [0.3, 0.4) is 0 Å². The fraction of sp³-hybridized carbons (Fsp3) is 0.889. The Morgan fingerprint density at radius 2 is 2.27 bits per heavy atom. The van der Waals surface area contributed by atoms with E-state index in [0.29, 0.717) is 12.0 Å². The molecule has 1 saturated carbocycles. The van der Waals surface area contributed by atoms with Gasteiger partial charge in [0.15, 0.2) is 0 Å². The maximum atomic E-state index is 11.2. The Morgan fingerprint density at radius 3 is 2.73 bits per heavy atom. The zero-order valence-corrected chi connectivity index (χ0v) is 7.39. The smallest absolute Gasteiger partial charge is 0.223 e. The third-order valence-electron chi connectivity index (χ3n) is 2.06. The Kier molecular flexibility index (Phi) is 2.92. The minimum absolute atomic E-state index is 0.269. The molecule has 0 aromatic rings. The van der Waals surface area contributed by atoms with Gasteiger partial charge in [-0.25, -0.2) is 0 Å². The van der Waals surface area contributed by atoms with E-state index in [-0.39, 0.29) is 5.91 Å². The average molecular weight is 155 g/mol. The molecule has 2 nitrogen and oxygen atoms in total. The van der Waals surface area contributed by atoms with Crippen molar-refractivity contribution in [2.75, 3.05) is 0 Å². The minimum Gasteiger partial charge on any atom is -0.353 e. The number of nitrogens with one attached hydrogen (secondary N) is 1. The number of hydrogen-bond acceptors (Lipinski definition) is 1. The van der Waals surface area contributed by atoms with Gasteiger partial charge in [0.05, 0.1) is 0 Å². The van der Waals surface area contributed by atoms with Crippen LogP contribution >= 0.6 is 0 Å². The van der Waals surface area contributed by atoms with Crippen LogP contribution in [-0.2, 0) is 4.79 Å². The summed E-state index contributed by atoms with van der Waals surface area (Å²) in [5.74, 6) is 0.625. The molecule has 0 spiro atoms. The van der Waals surface area contributed by atoms with Crippen LogP contribution in [0.4, 0.5) is 0 Å². The first-order valence-electron chi connectivity index (χ1n) is 4.54. The van der Waals surface area contributed by atoms with Gasteiger partial charge in [0, 0.05) is 12.0 Å². The molecule has 0 aliphatic heterocycles. The Balaban J connectivity index is 2.12. The van der Waals surface area contributed by atoms with Gasteiger partial charge < -0.3 is 5.32 Å². The van der Waals surface area contributed by atoms with E-state index in [9.17, 15) is 4.79 Å². The number of rotatable bonds is 4. The van der Waals surface area contributed by atoms with Crippen molar-refractivity contribution in [2.45, 2.75) is 45.6 Å². The molecule has 1 fully saturated rings. The molecule has 1 amide bonds. The summed E-state index contributed by atoms with van der Waals surface area (Å²) in [6, 6.07) is 0.369. The molecule has 1 atom stereocenters. The molecular formula is C9H17NO. The summed E-state index contributed by atoms with van der Waals surface area (Å²) in [6.07, 6.45) is 4.44. The molecule has 64 valence electrons. The summed E-state index contributed by atoms with van der Waals surface area (Å²) in [4.78, 5) is 11.2. The van der Waals surface area contributed by atoms with E-state index in [4.69, 9.17) is 0 Å². The largest absolute Gasteiger partial charge is 0.353 e. The monoisotopic (exact) mass is 155 g/mol. The van der Waals surface area contributed by atoms with Gasteiger partial charge in [-0.05, 0) is 26.2 Å². The van der Waals surface area contributed by atoms with Crippen molar-refractivity contribution in [3.63, 3.8) is 0 Å². The predicted octanol–water partition coefficient (Wildman–Crippen LogP) is 1.70. The van der Waals surface area contributed by atoms with Gasteiger partial charge in [0.1, 0.15) is 0 Å². The van der Waals surface area contributed by atoms with Crippen LogP contribution in [-0.4, -0.2) is 11.9 Å². The molecule has 1 N–H and O–H groups in total. The lowest BCUT2D eigenvalue weighted by molar-refractivity contribution is -0.122. The second kappa shape index (κ2) is 3.74. The zero-order valence-electron chi connectivity index (χ0n) is 7.39. The predicted molar refractivity (Wildman–Crippen MR) is 45.2 cm³/mol. The zero-order chi connectivity index (χ0) is 8.27. The molecule has 0 radical (unpaired) electrons. The van der Waals surface area contributed by atoms with Crippen molar-refractivity contribution in [1.82, 2.24) is 5.32 Å². The molecular weight excluding hydrogens is 138 g/mol. The molecule has 0 saturated heterocycles. The normalized spacial score (nSPS) is 19.5. The topological polar surface area (TPSA) is 29.1 Å². The Morgan fingerprint density at radius 1 is 1.64 bits per heavy atom. The fourth-order valence-corrected chi connectivity index (χ4v) is 1.21. The van der Waals surface area contributed by atoms with Crippen molar-refractivity contribution >= 4 is 5.91 Å². The van der Waals surface area contributed by atoms with Crippen molar-refractivity contribution in [2.24, 2.45) is 5.92 Å². The van der Waals surface area contributed by atoms with Gasteiger partial charge in [-0.2, -0.15) is 0 Å². The van der Waals surface area contributed by atoms with Gasteiger partial charge >= 0.3 is 0 Å². The third kappa shape index (κ3) is 2.91. The quantitative estimate of drug-likeness (QED) is 0.657. The molecule has 11 heavy (non-hydrogen) atoms. The van der Waals surface area contributed by atoms with Crippen molar-refractivity contribution in [1.29, 1.82) is 0 Å². The van der Waals surface area contributed by atoms with Crippen LogP contribution in [0.15, 0.2) is 0 Å². The maximum Gasteiger partial charge on any atom is 0.223 e. The highest BCUT2D eigenvalue weighted by molar-refractivity contribution is 5.81. The van der Waals surface area contributed by atoms with Gasteiger partial charge in [0.25, 0.3) is 0 Å². The highest BCUT2D eigenvalue weighted by atomic mass is 16.2. The van der Waals surface area contributed by atoms with Crippen LogP contribution in [0.2, 0.25) is 0 Å². The average Bonchev–Trinajstić information content (AvgIpc) is 2.67. The summed E-state index contributed by atoms with van der Waals surface area (Å²) < 4.78 is 0. The van der Waals surface area contributed by atoms with Crippen molar-refractivity contribution < 1.29 is 4.79 Å². The van der Waals surface area contributed by atoms with E-state index in [0.717, 1.165) is 25.7 Å². The van der Waals surface area contributed by atoms with Crippen LogP contribution in [0.1, 0.15) is 39.5 Å². The van der Waals surface area contributed by atoms with Gasteiger partial charge in [-0.15, -0.1) is 0 Å². The summed E-state index contributed by atoms with van der Waals surface area (Å²) in [5.41, 5.74) is 0. The molecule has 0 heterocycles. The third-order valence-corrected chi connectivity index (χ3v) is 2.06. The SMILES string of the molecule is CCCC(C)NC(=O)C1CC1. The van der Waals surface area contributed by atoms with Crippen LogP contribution in [0.25, 0.3) is 0 Å². The summed E-state index contributed by atoms with van der Waals surface area (Å²) >= 11 is 0. The number of amides is 1. The highest BCUT2D eigenvalue weighted by Crippen LogP contribution is 2.28. The van der Waals surface area contributed by atoms with Gasteiger partial charge in [-0.3, -0.25) is 4.79 Å². The Bertz CT molecular complexity index is 140. The van der Waals surface area contributed by atoms with E-state index in [1.54, 1.807) is 0 Å². The maximum absolute atomic E-state index is 11.2. The van der Waals surface area contributed by atoms with Crippen molar-refractivity contribution in [3.05, 3.63) is 0 Å². The number of hydrogen-bond donors (Lipinski definition) is 1. The Labute approximate surface area is 68.4 Å². The molecule has 0 aromatic carbocycles. The second-order valence-corrected chi connectivity index (χ2v) is 3.47. The first-order valence-corrected chi connectivity index (χ1v) is 4.54. The molecule has 1 aliphatic carbocycles. The molecule has 2 heteroatoms. The minimum atomic E-state index is 0.269. The Hall–Kier alpha value is -0.530. The lowest BCUT2D eigenvalue weighted by Crippen LogP contribution is -2.33. The van der Waals surface area contributed by atoms with E-state index < -0.39 is 0 Å². The first-order chi connectivity index (χ1) is 5.24. The van der Waals surface area contributed by atoms with Crippen LogP contribution < -0.4 is 5.32 Å². The summed E-state index contributed by atoms with van der Waals surface area (Å²) in [5, 5.41) is 3.00. The van der Waals surface area contributed by atoms with Gasteiger partial charge in [0.2, 0.25) is 5.91 Å². The summed E-state index contributed by atoms with van der Waals surface area (Å²) in [7, 11) is 0. The molecule has 1 rings (SSSR count). The van der Waals surface area contributed by atoms with Crippen LogP contribution in [0.5, 0.6) is 0 Å². The van der Waals surface area contributed by atoms with Gasteiger partial charge in [-0.1, -0.05) is 13.3 Å². The van der Waals surface area contributed by atoms with E-state index >= 15 is 0 Å². The molecule has 0 bridgehead atoms. The van der Waals surface area contributed by atoms with E-state index in [1.807, 2.05) is 0 Å². The number of carbonyl (C=O) groups excluding carboxylic acids is 1.